The molecule has 0 aliphatic heterocycles. The van der Waals surface area contributed by atoms with E-state index in [1.807, 2.05) is 0 Å². The van der Waals surface area contributed by atoms with Crippen molar-refractivity contribution in [3.8, 4) is 0 Å². The lowest BCUT2D eigenvalue weighted by atomic mass is 10.0. The molecule has 0 amide bonds. The van der Waals surface area contributed by atoms with Gasteiger partial charge in [-0.15, -0.1) is 0 Å². The SMILES string of the molecule is CC/C=C\C/C=C\C/C=C\C/C=C\CCCCCCC(=O)OC(COC(=O)CCCCCCCCCCCCCCCCCCCCC)COC(=O)CCCCCCCCCCCCCCCCCCCCCCC. The molecule has 0 fully saturated rings. The van der Waals surface area contributed by atoms with Gasteiger partial charge in [0.25, 0.3) is 0 Å². The third-order valence-corrected chi connectivity index (χ3v) is 14.8. The third-order valence-electron chi connectivity index (χ3n) is 14.8. The summed E-state index contributed by atoms with van der Waals surface area (Å²) in [5.41, 5.74) is 0. The molecule has 0 bridgehead atoms. The molecule has 0 rings (SSSR count). The average molecular weight is 1050 g/mol. The number of unbranched alkanes of at least 4 members (excludes halogenated alkanes) is 42. The highest BCUT2D eigenvalue weighted by Crippen LogP contribution is 2.18. The molecule has 0 heterocycles. The van der Waals surface area contributed by atoms with Gasteiger partial charge in [-0.1, -0.05) is 326 Å². The summed E-state index contributed by atoms with van der Waals surface area (Å²) < 4.78 is 17.0. The van der Waals surface area contributed by atoms with Crippen LogP contribution in [0.15, 0.2) is 48.6 Å². The second-order valence-corrected chi connectivity index (χ2v) is 22.4. The molecule has 0 spiro atoms. The largest absolute Gasteiger partial charge is 0.462 e. The van der Waals surface area contributed by atoms with E-state index in [1.54, 1.807) is 0 Å². The first-order valence-electron chi connectivity index (χ1n) is 33.1. The molecule has 438 valence electrons. The molecule has 1 atom stereocenters. The van der Waals surface area contributed by atoms with E-state index in [4.69, 9.17) is 14.2 Å². The Morgan fingerprint density at radius 1 is 0.280 bits per heavy atom. The number of allylic oxidation sites excluding steroid dienone is 8. The maximum absolute atomic E-state index is 12.9. The van der Waals surface area contributed by atoms with Crippen molar-refractivity contribution < 1.29 is 28.6 Å². The van der Waals surface area contributed by atoms with Gasteiger partial charge in [0.15, 0.2) is 6.10 Å². The fourth-order valence-electron chi connectivity index (χ4n) is 9.91. The molecular weight excluding hydrogens is 925 g/mol. The number of esters is 3. The van der Waals surface area contributed by atoms with Crippen molar-refractivity contribution in [3.63, 3.8) is 0 Å². The van der Waals surface area contributed by atoms with E-state index in [2.05, 4.69) is 69.4 Å². The van der Waals surface area contributed by atoms with Gasteiger partial charge in [-0.3, -0.25) is 14.4 Å². The normalized spacial score (nSPS) is 12.3. The Bertz CT molecular complexity index is 1300. The molecule has 0 radical (unpaired) electrons. The Labute approximate surface area is 467 Å². The zero-order valence-electron chi connectivity index (χ0n) is 50.3. The average Bonchev–Trinajstić information content (AvgIpc) is 3.41. The molecule has 0 saturated heterocycles. The Hall–Kier alpha value is -2.63. The highest BCUT2D eigenvalue weighted by Gasteiger charge is 2.19. The molecule has 0 aromatic rings. The summed E-state index contributed by atoms with van der Waals surface area (Å²) in [6, 6.07) is 0. The topological polar surface area (TPSA) is 78.9 Å². The Kier molecular flexibility index (Phi) is 61.7. The fourth-order valence-corrected chi connectivity index (χ4v) is 9.91. The zero-order valence-corrected chi connectivity index (χ0v) is 50.3. The van der Waals surface area contributed by atoms with E-state index in [0.717, 1.165) is 96.3 Å². The number of hydrogen-bond donors (Lipinski definition) is 0. The minimum absolute atomic E-state index is 0.0781. The van der Waals surface area contributed by atoms with Crippen LogP contribution in [0.25, 0.3) is 0 Å². The van der Waals surface area contributed by atoms with Crippen molar-refractivity contribution >= 4 is 17.9 Å². The van der Waals surface area contributed by atoms with Gasteiger partial charge in [0.05, 0.1) is 0 Å². The van der Waals surface area contributed by atoms with Crippen molar-refractivity contribution in [2.45, 2.75) is 361 Å². The van der Waals surface area contributed by atoms with E-state index < -0.39 is 6.10 Å². The van der Waals surface area contributed by atoms with Crippen LogP contribution in [0, 0.1) is 0 Å². The monoisotopic (exact) mass is 1050 g/mol. The first-order valence-corrected chi connectivity index (χ1v) is 33.1. The molecular formula is C69H126O6. The number of carbonyl (C=O) groups is 3. The Morgan fingerprint density at radius 2 is 0.520 bits per heavy atom. The molecule has 0 N–H and O–H groups in total. The van der Waals surface area contributed by atoms with Crippen molar-refractivity contribution in [1.82, 2.24) is 0 Å². The van der Waals surface area contributed by atoms with Crippen molar-refractivity contribution in [2.75, 3.05) is 13.2 Å². The van der Waals surface area contributed by atoms with Crippen LogP contribution in [0.5, 0.6) is 0 Å². The van der Waals surface area contributed by atoms with E-state index in [9.17, 15) is 14.4 Å². The predicted molar refractivity (Wildman–Crippen MR) is 325 cm³/mol. The summed E-state index contributed by atoms with van der Waals surface area (Å²) in [6.45, 7) is 6.58. The zero-order chi connectivity index (χ0) is 54.3. The minimum Gasteiger partial charge on any atom is -0.462 e. The van der Waals surface area contributed by atoms with Crippen LogP contribution in [0.2, 0.25) is 0 Å². The Balaban J connectivity index is 4.33. The summed E-state index contributed by atoms with van der Waals surface area (Å²) in [7, 11) is 0. The van der Waals surface area contributed by atoms with Gasteiger partial charge < -0.3 is 14.2 Å². The first kappa shape index (κ1) is 72.4. The molecule has 0 aliphatic rings. The number of ether oxygens (including phenoxy) is 3. The summed E-state index contributed by atoms with van der Waals surface area (Å²) in [4.78, 5) is 38.4. The molecule has 0 aromatic heterocycles. The molecule has 0 saturated carbocycles. The number of carbonyl (C=O) groups excluding carboxylic acids is 3. The van der Waals surface area contributed by atoms with E-state index in [-0.39, 0.29) is 31.1 Å². The van der Waals surface area contributed by atoms with Crippen LogP contribution in [0.4, 0.5) is 0 Å². The van der Waals surface area contributed by atoms with Crippen molar-refractivity contribution in [1.29, 1.82) is 0 Å². The van der Waals surface area contributed by atoms with Crippen LogP contribution < -0.4 is 0 Å². The van der Waals surface area contributed by atoms with Gasteiger partial charge >= 0.3 is 17.9 Å². The van der Waals surface area contributed by atoms with Gasteiger partial charge in [0, 0.05) is 19.3 Å². The van der Waals surface area contributed by atoms with Gasteiger partial charge in [0.2, 0.25) is 0 Å². The quantitative estimate of drug-likeness (QED) is 0.0261. The smallest absolute Gasteiger partial charge is 0.306 e. The fraction of sp³-hybridized carbons (Fsp3) is 0.841. The van der Waals surface area contributed by atoms with Gasteiger partial charge in [-0.25, -0.2) is 0 Å². The lowest BCUT2D eigenvalue weighted by Crippen LogP contribution is -2.30. The first-order chi connectivity index (χ1) is 37.0. The van der Waals surface area contributed by atoms with E-state index in [1.165, 1.54) is 218 Å². The third kappa shape index (κ3) is 62.1. The highest BCUT2D eigenvalue weighted by atomic mass is 16.6. The number of hydrogen-bond acceptors (Lipinski definition) is 6. The summed E-state index contributed by atoms with van der Waals surface area (Å²) in [6.07, 6.45) is 79.8. The lowest BCUT2D eigenvalue weighted by Gasteiger charge is -2.18. The summed E-state index contributed by atoms with van der Waals surface area (Å²) in [5, 5.41) is 0. The van der Waals surface area contributed by atoms with Crippen LogP contribution in [0.3, 0.4) is 0 Å². The predicted octanol–water partition coefficient (Wildman–Crippen LogP) is 22.6. The Morgan fingerprint density at radius 3 is 0.813 bits per heavy atom. The second kappa shape index (κ2) is 63.9. The highest BCUT2D eigenvalue weighted by molar-refractivity contribution is 5.71. The molecule has 6 nitrogen and oxygen atoms in total. The van der Waals surface area contributed by atoms with Crippen molar-refractivity contribution in [3.05, 3.63) is 48.6 Å². The van der Waals surface area contributed by atoms with Gasteiger partial charge in [-0.2, -0.15) is 0 Å². The van der Waals surface area contributed by atoms with Gasteiger partial charge in [-0.05, 0) is 57.8 Å². The molecule has 1 unspecified atom stereocenters. The number of rotatable bonds is 61. The van der Waals surface area contributed by atoms with Gasteiger partial charge in [0.1, 0.15) is 13.2 Å². The van der Waals surface area contributed by atoms with Crippen LogP contribution in [-0.4, -0.2) is 37.2 Å². The van der Waals surface area contributed by atoms with Crippen molar-refractivity contribution in [2.24, 2.45) is 0 Å². The second-order valence-electron chi connectivity index (χ2n) is 22.4. The van der Waals surface area contributed by atoms with Crippen LogP contribution in [0.1, 0.15) is 355 Å². The van der Waals surface area contributed by atoms with E-state index in [0.29, 0.717) is 19.3 Å². The lowest BCUT2D eigenvalue weighted by molar-refractivity contribution is -0.167. The summed E-state index contributed by atoms with van der Waals surface area (Å²) >= 11 is 0. The summed E-state index contributed by atoms with van der Waals surface area (Å²) in [5.74, 6) is -0.876. The maximum atomic E-state index is 12.9. The van der Waals surface area contributed by atoms with E-state index >= 15 is 0 Å². The molecule has 0 aliphatic carbocycles. The van der Waals surface area contributed by atoms with Crippen LogP contribution >= 0.6 is 0 Å². The molecule has 0 aromatic carbocycles. The maximum Gasteiger partial charge on any atom is 0.306 e. The van der Waals surface area contributed by atoms with Crippen LogP contribution in [-0.2, 0) is 28.6 Å². The molecule has 75 heavy (non-hydrogen) atoms. The standard InChI is InChI=1S/C69H126O6/c1-4-7-10-13-16-19-22-25-28-31-33-34-36-39-41-44-47-50-53-56-59-62-68(71)74-65-66(75-69(72)63-60-57-54-51-48-45-42-37-30-27-24-21-18-15-12-9-6-3)64-73-67(70)61-58-55-52-49-46-43-40-38-35-32-29-26-23-20-17-14-11-8-5-2/h9,12,18,21,27,30,42,45,66H,4-8,10-11,13-17,19-20,22-26,28-29,31-41,43-44,46-65H2,1-3H3/b12-9-,21-18-,30-27-,45-42-. The minimum atomic E-state index is -0.784. The molecule has 6 heteroatoms.